The molecule has 1 aliphatic carbocycles. The van der Waals surface area contributed by atoms with E-state index < -0.39 is 33.0 Å². The first-order chi connectivity index (χ1) is 9.90. The van der Waals surface area contributed by atoms with Crippen LogP contribution in [0.2, 0.25) is 0 Å². The average Bonchev–Trinajstić information content (AvgIpc) is 2.95. The summed E-state index contributed by atoms with van der Waals surface area (Å²) in [7, 11) is -3.51. The molecule has 0 heterocycles. The first-order valence-corrected chi connectivity index (χ1v) is 8.51. The van der Waals surface area contributed by atoms with Crippen LogP contribution < -0.4 is 10.0 Å². The lowest BCUT2D eigenvalue weighted by atomic mass is 10.2. The van der Waals surface area contributed by atoms with E-state index in [1.54, 1.807) is 6.07 Å². The van der Waals surface area contributed by atoms with E-state index in [1.807, 2.05) is 0 Å². The summed E-state index contributed by atoms with van der Waals surface area (Å²) in [6, 6.07) is 4.80. The molecule has 1 aliphatic rings. The van der Waals surface area contributed by atoms with Gasteiger partial charge in [-0.25, -0.2) is 17.5 Å². The van der Waals surface area contributed by atoms with Gasteiger partial charge < -0.3 is 5.32 Å². The summed E-state index contributed by atoms with van der Waals surface area (Å²) in [6.07, 6.45) is 3.02. The van der Waals surface area contributed by atoms with Crippen molar-refractivity contribution in [2.24, 2.45) is 0 Å². The molecule has 0 radical (unpaired) electrons. The summed E-state index contributed by atoms with van der Waals surface area (Å²) >= 11 is 0. The number of hydrogen-bond acceptors (Lipinski definition) is 3. The smallest absolute Gasteiger partial charge is 0.242 e. The fourth-order valence-electron chi connectivity index (χ4n) is 2.40. The molecule has 5 nitrogen and oxygen atoms in total. The molecule has 1 atom stereocenters. The number of benzene rings is 1. The topological polar surface area (TPSA) is 75.3 Å². The van der Waals surface area contributed by atoms with E-state index in [2.05, 4.69) is 10.0 Å². The number of carbonyl (C=O) groups is 1. The van der Waals surface area contributed by atoms with Gasteiger partial charge in [0, 0.05) is 0 Å². The molecule has 116 valence electrons. The van der Waals surface area contributed by atoms with Crippen molar-refractivity contribution in [1.82, 2.24) is 4.72 Å². The van der Waals surface area contributed by atoms with Gasteiger partial charge in [0.1, 0.15) is 5.82 Å². The zero-order chi connectivity index (χ0) is 15.5. The number of hydrogen-bond donors (Lipinski definition) is 2. The van der Waals surface area contributed by atoms with E-state index in [1.165, 1.54) is 25.1 Å². The molecule has 0 bridgehead atoms. The molecule has 1 aromatic carbocycles. The molecular formula is C14H19FN2O3S. The molecule has 0 spiro atoms. The lowest BCUT2D eigenvalue weighted by Crippen LogP contribution is -2.45. The first kappa shape index (κ1) is 15.9. The van der Waals surface area contributed by atoms with Crippen LogP contribution in [0.5, 0.6) is 0 Å². The molecule has 2 N–H and O–H groups in total. The van der Waals surface area contributed by atoms with Gasteiger partial charge in [0.05, 0.1) is 17.0 Å². The zero-order valence-corrected chi connectivity index (χ0v) is 12.6. The summed E-state index contributed by atoms with van der Waals surface area (Å²) in [4.78, 5) is 12.0. The third kappa shape index (κ3) is 4.01. The van der Waals surface area contributed by atoms with Crippen LogP contribution in [-0.2, 0) is 14.8 Å². The van der Waals surface area contributed by atoms with E-state index in [4.69, 9.17) is 0 Å². The van der Waals surface area contributed by atoms with Crippen LogP contribution in [0.3, 0.4) is 0 Å². The molecule has 1 saturated carbocycles. The Morgan fingerprint density at radius 3 is 2.52 bits per heavy atom. The molecule has 0 aliphatic heterocycles. The number of anilines is 1. The van der Waals surface area contributed by atoms with Gasteiger partial charge in [0.2, 0.25) is 15.9 Å². The molecule has 21 heavy (non-hydrogen) atoms. The fourth-order valence-corrected chi connectivity index (χ4v) is 4.14. The fraction of sp³-hybridized carbons (Fsp3) is 0.500. The second-order valence-electron chi connectivity index (χ2n) is 5.26. The van der Waals surface area contributed by atoms with E-state index in [9.17, 15) is 17.6 Å². The zero-order valence-electron chi connectivity index (χ0n) is 11.8. The first-order valence-electron chi connectivity index (χ1n) is 6.96. The van der Waals surface area contributed by atoms with Crippen molar-refractivity contribution in [1.29, 1.82) is 0 Å². The summed E-state index contributed by atoms with van der Waals surface area (Å²) in [5.41, 5.74) is 0.0365. The Hall–Kier alpha value is -1.47. The van der Waals surface area contributed by atoms with Gasteiger partial charge in [-0.1, -0.05) is 25.0 Å². The van der Waals surface area contributed by atoms with E-state index in [-0.39, 0.29) is 5.69 Å². The minimum Gasteiger partial charge on any atom is -0.322 e. The van der Waals surface area contributed by atoms with Gasteiger partial charge in [-0.15, -0.1) is 0 Å². The van der Waals surface area contributed by atoms with Crippen molar-refractivity contribution in [2.75, 3.05) is 5.32 Å². The van der Waals surface area contributed by atoms with E-state index in [0.717, 1.165) is 12.8 Å². The Morgan fingerprint density at radius 1 is 1.29 bits per heavy atom. The minimum atomic E-state index is -3.51. The molecule has 0 aromatic heterocycles. The van der Waals surface area contributed by atoms with Crippen LogP contribution in [0.4, 0.5) is 10.1 Å². The molecule has 7 heteroatoms. The molecule has 1 fully saturated rings. The predicted molar refractivity (Wildman–Crippen MR) is 78.8 cm³/mol. The number of para-hydroxylation sites is 1. The molecule has 1 unspecified atom stereocenters. The number of rotatable bonds is 5. The van der Waals surface area contributed by atoms with Crippen molar-refractivity contribution < 1.29 is 17.6 Å². The second-order valence-corrected chi connectivity index (χ2v) is 7.25. The quantitative estimate of drug-likeness (QED) is 0.873. The standard InChI is InChI=1S/C14H19FN2O3S/c1-10(17-21(19,20)11-6-2-3-7-11)14(18)16-13-9-5-4-8-12(13)15/h4-5,8-11,17H,2-3,6-7H2,1H3,(H,16,18). The van der Waals surface area contributed by atoms with Crippen molar-refractivity contribution in [3.63, 3.8) is 0 Å². The Balaban J connectivity index is 1.98. The van der Waals surface area contributed by atoms with E-state index >= 15 is 0 Å². The van der Waals surface area contributed by atoms with Crippen molar-refractivity contribution >= 4 is 21.6 Å². The summed E-state index contributed by atoms with van der Waals surface area (Å²) in [6.45, 7) is 1.45. The van der Waals surface area contributed by atoms with Crippen LogP contribution in [0, 0.1) is 5.82 Å². The number of sulfonamides is 1. The summed E-state index contributed by atoms with van der Waals surface area (Å²) < 4.78 is 40.0. The Labute approximate surface area is 124 Å². The minimum absolute atomic E-state index is 0.0365. The summed E-state index contributed by atoms with van der Waals surface area (Å²) in [5, 5.41) is 1.95. The maximum atomic E-state index is 13.4. The van der Waals surface area contributed by atoms with Crippen LogP contribution in [0.1, 0.15) is 32.6 Å². The van der Waals surface area contributed by atoms with Gasteiger partial charge in [0.15, 0.2) is 0 Å². The molecule has 1 amide bonds. The molecule has 0 saturated heterocycles. The highest BCUT2D eigenvalue weighted by Gasteiger charge is 2.31. The van der Waals surface area contributed by atoms with Crippen LogP contribution in [-0.4, -0.2) is 25.6 Å². The van der Waals surface area contributed by atoms with Crippen LogP contribution >= 0.6 is 0 Å². The largest absolute Gasteiger partial charge is 0.322 e. The predicted octanol–water partition coefficient (Wildman–Crippen LogP) is 2.01. The number of amides is 1. The van der Waals surface area contributed by atoms with Crippen molar-refractivity contribution in [3.05, 3.63) is 30.1 Å². The Morgan fingerprint density at radius 2 is 1.90 bits per heavy atom. The SMILES string of the molecule is CC(NS(=O)(=O)C1CCCC1)C(=O)Nc1ccccc1F. The summed E-state index contributed by atoms with van der Waals surface area (Å²) in [5.74, 6) is -1.14. The maximum absolute atomic E-state index is 13.4. The maximum Gasteiger partial charge on any atom is 0.242 e. The van der Waals surface area contributed by atoms with Gasteiger partial charge in [-0.05, 0) is 31.9 Å². The van der Waals surface area contributed by atoms with Gasteiger partial charge >= 0.3 is 0 Å². The third-order valence-corrected chi connectivity index (χ3v) is 5.64. The van der Waals surface area contributed by atoms with Gasteiger partial charge in [-0.2, -0.15) is 0 Å². The Bertz CT molecular complexity index is 612. The molecule has 2 rings (SSSR count). The highest BCUT2D eigenvalue weighted by Crippen LogP contribution is 2.24. The molecule has 1 aromatic rings. The van der Waals surface area contributed by atoms with Crippen LogP contribution in [0.25, 0.3) is 0 Å². The second kappa shape index (κ2) is 6.53. The third-order valence-electron chi connectivity index (χ3n) is 3.61. The number of carbonyl (C=O) groups excluding carboxylic acids is 1. The van der Waals surface area contributed by atoms with Crippen molar-refractivity contribution in [3.8, 4) is 0 Å². The monoisotopic (exact) mass is 314 g/mol. The van der Waals surface area contributed by atoms with Crippen LogP contribution in [0.15, 0.2) is 24.3 Å². The van der Waals surface area contributed by atoms with E-state index in [0.29, 0.717) is 12.8 Å². The normalized spacial score (nSPS) is 17.6. The average molecular weight is 314 g/mol. The lowest BCUT2D eigenvalue weighted by molar-refractivity contribution is -0.117. The molecular weight excluding hydrogens is 295 g/mol. The van der Waals surface area contributed by atoms with Gasteiger partial charge in [0.25, 0.3) is 0 Å². The number of nitrogens with one attached hydrogen (secondary N) is 2. The Kier molecular flexibility index (Phi) is 4.95. The highest BCUT2D eigenvalue weighted by atomic mass is 32.2. The number of halogens is 1. The van der Waals surface area contributed by atoms with Crippen molar-refractivity contribution in [2.45, 2.75) is 43.9 Å². The van der Waals surface area contributed by atoms with Gasteiger partial charge in [-0.3, -0.25) is 4.79 Å². The lowest BCUT2D eigenvalue weighted by Gasteiger charge is -2.17. The highest BCUT2D eigenvalue weighted by molar-refractivity contribution is 7.90.